The van der Waals surface area contributed by atoms with E-state index in [-0.39, 0.29) is 5.56 Å². The van der Waals surface area contributed by atoms with E-state index in [0.29, 0.717) is 5.92 Å². The Morgan fingerprint density at radius 3 is 2.95 bits per heavy atom. The van der Waals surface area contributed by atoms with Crippen molar-refractivity contribution in [2.45, 2.75) is 19.8 Å². The predicted octanol–water partition coefficient (Wildman–Crippen LogP) is 2.35. The summed E-state index contributed by atoms with van der Waals surface area (Å²) in [5.74, 6) is 1.60. The van der Waals surface area contributed by atoms with E-state index in [1.807, 2.05) is 24.3 Å². The smallest absolute Gasteiger partial charge is 0.257 e. The Morgan fingerprint density at radius 2 is 2.19 bits per heavy atom. The second-order valence-corrected chi connectivity index (χ2v) is 5.82. The number of aromatic amines is 1. The first-order valence-electron chi connectivity index (χ1n) is 7.85. The average molecular weight is 285 g/mol. The van der Waals surface area contributed by atoms with Crippen LogP contribution in [-0.4, -0.2) is 31.2 Å². The number of nitrogens with one attached hydrogen (secondary N) is 2. The topological polar surface area (TPSA) is 48.1 Å². The number of anilines is 1. The molecule has 4 nitrogen and oxygen atoms in total. The van der Waals surface area contributed by atoms with Gasteiger partial charge in [0.05, 0.1) is 0 Å². The van der Waals surface area contributed by atoms with Gasteiger partial charge in [-0.1, -0.05) is 18.2 Å². The molecule has 0 amide bonds. The molecule has 1 fully saturated rings. The summed E-state index contributed by atoms with van der Waals surface area (Å²) in [5.41, 5.74) is 0.00307. The third-order valence-electron chi connectivity index (χ3n) is 4.34. The van der Waals surface area contributed by atoms with Crippen LogP contribution in [0.15, 0.2) is 35.1 Å². The molecule has 112 valence electrons. The maximum Gasteiger partial charge on any atom is 0.257 e. The number of H-pyrrole nitrogens is 1. The highest BCUT2D eigenvalue weighted by molar-refractivity contribution is 5.83. The van der Waals surface area contributed by atoms with E-state index in [1.165, 1.54) is 12.8 Å². The van der Waals surface area contributed by atoms with Crippen molar-refractivity contribution in [3.8, 4) is 0 Å². The van der Waals surface area contributed by atoms with Gasteiger partial charge in [0.1, 0.15) is 5.82 Å². The van der Waals surface area contributed by atoms with Crippen LogP contribution in [0.1, 0.15) is 19.8 Å². The van der Waals surface area contributed by atoms with E-state index in [9.17, 15) is 4.79 Å². The summed E-state index contributed by atoms with van der Waals surface area (Å²) in [7, 11) is 0. The van der Waals surface area contributed by atoms with Crippen molar-refractivity contribution in [3.05, 3.63) is 40.7 Å². The van der Waals surface area contributed by atoms with Gasteiger partial charge in [-0.3, -0.25) is 4.79 Å². The zero-order chi connectivity index (χ0) is 14.7. The first kappa shape index (κ1) is 14.1. The molecule has 1 atom stereocenters. The van der Waals surface area contributed by atoms with Crippen LogP contribution >= 0.6 is 0 Å². The highest BCUT2D eigenvalue weighted by atomic mass is 16.1. The zero-order valence-corrected chi connectivity index (χ0v) is 12.6. The van der Waals surface area contributed by atoms with E-state index < -0.39 is 0 Å². The van der Waals surface area contributed by atoms with Crippen molar-refractivity contribution >= 4 is 16.6 Å². The van der Waals surface area contributed by atoms with Crippen LogP contribution in [0.5, 0.6) is 0 Å². The molecule has 1 aromatic heterocycles. The summed E-state index contributed by atoms with van der Waals surface area (Å²) in [5, 5.41) is 5.23. The first-order chi connectivity index (χ1) is 10.3. The largest absolute Gasteiger partial charge is 0.358 e. The van der Waals surface area contributed by atoms with Gasteiger partial charge in [-0.25, -0.2) is 0 Å². The highest BCUT2D eigenvalue weighted by Gasteiger charge is 2.17. The van der Waals surface area contributed by atoms with Gasteiger partial charge in [-0.05, 0) is 56.3 Å². The number of hydrogen-bond acceptors (Lipinski definition) is 3. The minimum absolute atomic E-state index is 0.00307. The summed E-state index contributed by atoms with van der Waals surface area (Å²) >= 11 is 0. The Morgan fingerprint density at radius 1 is 1.33 bits per heavy atom. The predicted molar refractivity (Wildman–Crippen MR) is 88.0 cm³/mol. The summed E-state index contributed by atoms with van der Waals surface area (Å²) < 4.78 is 0. The van der Waals surface area contributed by atoms with Gasteiger partial charge in [0.2, 0.25) is 0 Å². The number of hydrogen-bond donors (Lipinski definition) is 2. The number of fused-ring (bicyclic) bond motifs is 1. The third-order valence-corrected chi connectivity index (χ3v) is 4.34. The molecule has 2 aromatic rings. The number of piperidine rings is 1. The number of aromatic nitrogens is 1. The number of nitrogens with zero attached hydrogens (tertiary/aromatic N) is 1. The molecule has 0 saturated carbocycles. The van der Waals surface area contributed by atoms with Crippen molar-refractivity contribution in [1.29, 1.82) is 0 Å². The van der Waals surface area contributed by atoms with Crippen LogP contribution in [0.25, 0.3) is 10.8 Å². The Labute approximate surface area is 125 Å². The molecule has 2 N–H and O–H groups in total. The second kappa shape index (κ2) is 6.31. The fourth-order valence-electron chi connectivity index (χ4n) is 3.16. The minimum Gasteiger partial charge on any atom is -0.358 e. The molecule has 1 saturated heterocycles. The molecule has 0 radical (unpaired) electrons. The molecule has 0 bridgehead atoms. The van der Waals surface area contributed by atoms with Gasteiger partial charge < -0.3 is 15.2 Å². The highest BCUT2D eigenvalue weighted by Crippen LogP contribution is 2.19. The zero-order valence-electron chi connectivity index (χ0n) is 12.6. The standard InChI is InChI=1S/C17H23N3O/c1-2-20(12-13-6-5-9-18-11-13)16-10-14-7-3-4-8-15(14)17(21)19-16/h3-4,7-8,10,13,18H,2,5-6,9,11-12H2,1H3,(H,19,21). The minimum atomic E-state index is 0.00307. The summed E-state index contributed by atoms with van der Waals surface area (Å²) in [6.07, 6.45) is 2.51. The Kier molecular flexibility index (Phi) is 4.25. The SMILES string of the molecule is CCN(CC1CCCNC1)c1cc2ccccc2c(=O)[nH]1. The van der Waals surface area contributed by atoms with Gasteiger partial charge in [0.25, 0.3) is 5.56 Å². The van der Waals surface area contributed by atoms with Crippen LogP contribution < -0.4 is 15.8 Å². The third kappa shape index (κ3) is 3.10. The lowest BCUT2D eigenvalue weighted by molar-refractivity contribution is 0.377. The van der Waals surface area contributed by atoms with E-state index in [2.05, 4.69) is 28.2 Å². The summed E-state index contributed by atoms with van der Waals surface area (Å²) in [6.45, 7) is 6.26. The lowest BCUT2D eigenvalue weighted by atomic mass is 9.99. The molecular weight excluding hydrogens is 262 g/mol. The molecule has 21 heavy (non-hydrogen) atoms. The van der Waals surface area contributed by atoms with Crippen LogP contribution in [0, 0.1) is 5.92 Å². The van der Waals surface area contributed by atoms with Gasteiger partial charge in [0.15, 0.2) is 0 Å². The van der Waals surface area contributed by atoms with Crippen molar-refractivity contribution in [2.24, 2.45) is 5.92 Å². The monoisotopic (exact) mass is 285 g/mol. The van der Waals surface area contributed by atoms with Gasteiger partial charge in [-0.15, -0.1) is 0 Å². The summed E-state index contributed by atoms with van der Waals surface area (Å²) in [6, 6.07) is 9.86. The quantitative estimate of drug-likeness (QED) is 0.906. The van der Waals surface area contributed by atoms with Crippen LogP contribution in [0.4, 0.5) is 5.82 Å². The van der Waals surface area contributed by atoms with Gasteiger partial charge in [-0.2, -0.15) is 0 Å². The lowest BCUT2D eigenvalue weighted by Crippen LogP contribution is -2.39. The molecule has 0 aliphatic carbocycles. The normalized spacial score (nSPS) is 18.8. The second-order valence-electron chi connectivity index (χ2n) is 5.82. The molecule has 3 rings (SSSR count). The van der Waals surface area contributed by atoms with E-state index >= 15 is 0 Å². The number of pyridine rings is 1. The van der Waals surface area contributed by atoms with E-state index in [0.717, 1.165) is 42.8 Å². The molecule has 4 heteroatoms. The van der Waals surface area contributed by atoms with Crippen molar-refractivity contribution in [1.82, 2.24) is 10.3 Å². The van der Waals surface area contributed by atoms with Crippen LogP contribution in [-0.2, 0) is 0 Å². The van der Waals surface area contributed by atoms with Crippen molar-refractivity contribution < 1.29 is 0 Å². The molecular formula is C17H23N3O. The van der Waals surface area contributed by atoms with Crippen LogP contribution in [0.2, 0.25) is 0 Å². The first-order valence-corrected chi connectivity index (χ1v) is 7.85. The maximum atomic E-state index is 12.2. The van der Waals surface area contributed by atoms with E-state index in [1.54, 1.807) is 0 Å². The molecule has 2 heterocycles. The fourth-order valence-corrected chi connectivity index (χ4v) is 3.16. The lowest BCUT2D eigenvalue weighted by Gasteiger charge is -2.30. The molecule has 1 aromatic carbocycles. The Hall–Kier alpha value is -1.81. The molecule has 0 spiro atoms. The maximum absolute atomic E-state index is 12.2. The van der Waals surface area contributed by atoms with Crippen LogP contribution in [0.3, 0.4) is 0 Å². The van der Waals surface area contributed by atoms with Crippen molar-refractivity contribution in [2.75, 3.05) is 31.1 Å². The Balaban J connectivity index is 1.87. The molecule has 1 unspecified atom stereocenters. The molecule has 1 aliphatic rings. The average Bonchev–Trinajstić information content (AvgIpc) is 2.53. The van der Waals surface area contributed by atoms with E-state index in [4.69, 9.17) is 0 Å². The fraction of sp³-hybridized carbons (Fsp3) is 0.471. The summed E-state index contributed by atoms with van der Waals surface area (Å²) in [4.78, 5) is 17.5. The Bertz CT molecular complexity index is 658. The molecule has 1 aliphatic heterocycles. The van der Waals surface area contributed by atoms with Crippen molar-refractivity contribution in [3.63, 3.8) is 0 Å². The number of benzene rings is 1. The van der Waals surface area contributed by atoms with Gasteiger partial charge >= 0.3 is 0 Å². The van der Waals surface area contributed by atoms with Gasteiger partial charge in [0, 0.05) is 18.5 Å². The number of rotatable bonds is 4.